The Balaban J connectivity index is 1.87. The van der Waals surface area contributed by atoms with Crippen LogP contribution in [-0.4, -0.2) is 60.4 Å². The van der Waals surface area contributed by atoms with Crippen molar-refractivity contribution in [2.45, 2.75) is 23.5 Å². The van der Waals surface area contributed by atoms with Crippen LogP contribution in [0.25, 0.3) is 0 Å². The molecule has 1 aromatic carbocycles. The van der Waals surface area contributed by atoms with Crippen molar-refractivity contribution < 1.29 is 17.9 Å². The number of nitrogens with one attached hydrogen (secondary N) is 1. The quantitative estimate of drug-likeness (QED) is 0.875. The third-order valence-electron chi connectivity index (χ3n) is 4.14. The third kappa shape index (κ3) is 3.17. The standard InChI is InChI=1S/C15H18N4O4S/c1-23-11-7-13(14-16-9-17-18-14)19(8-11)15(20)10-3-5-12(6-4-10)24(2,21)22/h3-6,9,11,13H,7-8H2,1-2H3,(H,16,17,18)/t11-,13+/m1/s1. The molecule has 0 spiro atoms. The van der Waals surface area contributed by atoms with Crippen LogP contribution in [0.1, 0.15) is 28.6 Å². The van der Waals surface area contributed by atoms with Gasteiger partial charge in [0.2, 0.25) is 0 Å². The number of carbonyl (C=O) groups is 1. The average molecular weight is 350 g/mol. The maximum absolute atomic E-state index is 12.8. The molecule has 2 atom stereocenters. The summed E-state index contributed by atoms with van der Waals surface area (Å²) in [6.07, 6.45) is 3.07. The van der Waals surface area contributed by atoms with Crippen LogP contribution in [-0.2, 0) is 14.6 Å². The first kappa shape index (κ1) is 16.6. The van der Waals surface area contributed by atoms with Crippen LogP contribution in [0, 0.1) is 0 Å². The molecule has 1 N–H and O–H groups in total. The zero-order chi connectivity index (χ0) is 17.3. The lowest BCUT2D eigenvalue weighted by Crippen LogP contribution is -2.32. The molecule has 1 aliphatic heterocycles. The van der Waals surface area contributed by atoms with Gasteiger partial charge in [-0.25, -0.2) is 13.4 Å². The fourth-order valence-electron chi connectivity index (χ4n) is 2.84. The van der Waals surface area contributed by atoms with Gasteiger partial charge in [0.25, 0.3) is 5.91 Å². The molecule has 24 heavy (non-hydrogen) atoms. The van der Waals surface area contributed by atoms with Gasteiger partial charge in [-0.2, -0.15) is 5.10 Å². The van der Waals surface area contributed by atoms with Gasteiger partial charge in [0.05, 0.1) is 17.0 Å². The Bertz CT molecular complexity index is 818. The Morgan fingerprint density at radius 2 is 2.04 bits per heavy atom. The van der Waals surface area contributed by atoms with E-state index in [9.17, 15) is 13.2 Å². The van der Waals surface area contributed by atoms with Crippen molar-refractivity contribution in [1.29, 1.82) is 0 Å². The first-order chi connectivity index (χ1) is 11.4. The predicted octanol–water partition coefficient (Wildman–Crippen LogP) is 0.810. The van der Waals surface area contributed by atoms with E-state index < -0.39 is 9.84 Å². The van der Waals surface area contributed by atoms with Crippen LogP contribution in [0.3, 0.4) is 0 Å². The summed E-state index contributed by atoms with van der Waals surface area (Å²) in [6, 6.07) is 5.68. The summed E-state index contributed by atoms with van der Waals surface area (Å²) >= 11 is 0. The minimum absolute atomic E-state index is 0.0839. The number of aromatic nitrogens is 3. The summed E-state index contributed by atoms with van der Waals surface area (Å²) in [7, 11) is -1.68. The Morgan fingerprint density at radius 3 is 2.58 bits per heavy atom. The highest BCUT2D eigenvalue weighted by Crippen LogP contribution is 2.32. The van der Waals surface area contributed by atoms with Crippen LogP contribution in [0.2, 0.25) is 0 Å². The van der Waals surface area contributed by atoms with E-state index in [4.69, 9.17) is 4.74 Å². The Morgan fingerprint density at radius 1 is 1.33 bits per heavy atom. The summed E-state index contributed by atoms with van der Waals surface area (Å²) in [5, 5.41) is 6.64. The molecule has 0 bridgehead atoms. The van der Waals surface area contributed by atoms with Gasteiger partial charge >= 0.3 is 0 Å². The average Bonchev–Trinajstić information content (AvgIpc) is 3.22. The first-order valence-corrected chi connectivity index (χ1v) is 9.28. The number of ether oxygens (including phenoxy) is 1. The molecule has 9 heteroatoms. The highest BCUT2D eigenvalue weighted by Gasteiger charge is 2.38. The summed E-state index contributed by atoms with van der Waals surface area (Å²) in [6.45, 7) is 0.439. The van der Waals surface area contributed by atoms with Crippen LogP contribution in [0.4, 0.5) is 0 Å². The fraction of sp³-hybridized carbons (Fsp3) is 0.400. The smallest absolute Gasteiger partial charge is 0.254 e. The summed E-state index contributed by atoms with van der Waals surface area (Å²) < 4.78 is 28.4. The van der Waals surface area contributed by atoms with E-state index >= 15 is 0 Å². The highest BCUT2D eigenvalue weighted by molar-refractivity contribution is 7.90. The van der Waals surface area contributed by atoms with Gasteiger partial charge in [0, 0.05) is 31.9 Å². The number of likely N-dealkylation sites (tertiary alicyclic amines) is 1. The minimum Gasteiger partial charge on any atom is -0.380 e. The van der Waals surface area contributed by atoms with Crippen molar-refractivity contribution in [3.05, 3.63) is 42.0 Å². The second-order valence-corrected chi connectivity index (χ2v) is 7.75. The number of sulfone groups is 1. The second kappa shape index (κ2) is 6.33. The zero-order valence-electron chi connectivity index (χ0n) is 13.3. The Kier molecular flexibility index (Phi) is 4.37. The number of aromatic amines is 1. The van der Waals surface area contributed by atoms with Crippen LogP contribution in [0.15, 0.2) is 35.5 Å². The lowest BCUT2D eigenvalue weighted by atomic mass is 10.1. The van der Waals surface area contributed by atoms with Gasteiger partial charge in [-0.15, -0.1) is 0 Å². The molecule has 8 nitrogen and oxygen atoms in total. The van der Waals surface area contributed by atoms with Gasteiger partial charge in [-0.1, -0.05) is 0 Å². The molecule has 1 saturated heterocycles. The molecule has 1 amide bonds. The number of methoxy groups -OCH3 is 1. The van der Waals surface area contributed by atoms with Gasteiger partial charge in [0.1, 0.15) is 12.2 Å². The predicted molar refractivity (Wildman–Crippen MR) is 85.1 cm³/mol. The number of H-pyrrole nitrogens is 1. The molecule has 128 valence electrons. The Labute approximate surface area is 139 Å². The number of carbonyl (C=O) groups excluding carboxylic acids is 1. The lowest BCUT2D eigenvalue weighted by Gasteiger charge is -2.22. The molecule has 0 radical (unpaired) electrons. The van der Waals surface area contributed by atoms with E-state index in [1.807, 2.05) is 0 Å². The molecule has 1 fully saturated rings. The van der Waals surface area contributed by atoms with E-state index in [2.05, 4.69) is 15.2 Å². The second-order valence-electron chi connectivity index (χ2n) is 5.73. The molecule has 1 aromatic heterocycles. The molecule has 2 aromatic rings. The fourth-order valence-corrected chi connectivity index (χ4v) is 3.47. The van der Waals surface area contributed by atoms with E-state index in [-0.39, 0.29) is 22.9 Å². The van der Waals surface area contributed by atoms with Gasteiger partial charge < -0.3 is 9.64 Å². The number of amides is 1. The number of hydrogen-bond donors (Lipinski definition) is 1. The largest absolute Gasteiger partial charge is 0.380 e. The van der Waals surface area contributed by atoms with Gasteiger partial charge in [0.15, 0.2) is 9.84 Å². The molecular formula is C15H18N4O4S. The number of nitrogens with zero attached hydrogens (tertiary/aromatic N) is 3. The topological polar surface area (TPSA) is 105 Å². The molecule has 3 rings (SSSR count). The van der Waals surface area contributed by atoms with E-state index in [1.165, 1.54) is 30.6 Å². The van der Waals surface area contributed by atoms with E-state index in [0.29, 0.717) is 24.4 Å². The van der Waals surface area contributed by atoms with Crippen molar-refractivity contribution in [1.82, 2.24) is 20.1 Å². The number of hydrogen-bond acceptors (Lipinski definition) is 6. The van der Waals surface area contributed by atoms with Crippen molar-refractivity contribution >= 4 is 15.7 Å². The third-order valence-corrected chi connectivity index (χ3v) is 5.26. The Hall–Kier alpha value is -2.26. The van der Waals surface area contributed by atoms with E-state index in [1.54, 1.807) is 12.0 Å². The van der Waals surface area contributed by atoms with E-state index in [0.717, 1.165) is 6.26 Å². The highest BCUT2D eigenvalue weighted by atomic mass is 32.2. The summed E-state index contributed by atoms with van der Waals surface area (Å²) in [4.78, 5) is 18.8. The molecule has 0 unspecified atom stereocenters. The maximum atomic E-state index is 12.8. The minimum atomic E-state index is -3.29. The zero-order valence-corrected chi connectivity index (χ0v) is 14.2. The summed E-state index contributed by atoms with van der Waals surface area (Å²) in [5.74, 6) is 0.409. The normalized spacial score (nSPS) is 21.2. The molecule has 0 aliphatic carbocycles. The van der Waals surface area contributed by atoms with Crippen LogP contribution >= 0.6 is 0 Å². The molecule has 2 heterocycles. The molecule has 1 aliphatic rings. The number of benzene rings is 1. The summed E-state index contributed by atoms with van der Waals surface area (Å²) in [5.41, 5.74) is 0.420. The van der Waals surface area contributed by atoms with Crippen molar-refractivity contribution in [3.63, 3.8) is 0 Å². The molecular weight excluding hydrogens is 332 g/mol. The number of rotatable bonds is 4. The maximum Gasteiger partial charge on any atom is 0.254 e. The lowest BCUT2D eigenvalue weighted by molar-refractivity contribution is 0.0684. The van der Waals surface area contributed by atoms with Crippen molar-refractivity contribution in [2.75, 3.05) is 19.9 Å². The van der Waals surface area contributed by atoms with Crippen molar-refractivity contribution in [2.24, 2.45) is 0 Å². The molecule has 0 saturated carbocycles. The van der Waals surface area contributed by atoms with Crippen LogP contribution in [0.5, 0.6) is 0 Å². The van der Waals surface area contributed by atoms with Crippen LogP contribution < -0.4 is 0 Å². The SMILES string of the molecule is CO[C@@H]1C[C@@H](c2ncn[nH]2)N(C(=O)c2ccc(S(C)(=O)=O)cc2)C1. The monoisotopic (exact) mass is 350 g/mol. The van der Waals surface area contributed by atoms with Crippen molar-refractivity contribution in [3.8, 4) is 0 Å². The first-order valence-electron chi connectivity index (χ1n) is 7.39. The van der Waals surface area contributed by atoms with Gasteiger partial charge in [-0.3, -0.25) is 9.89 Å². The van der Waals surface area contributed by atoms with Gasteiger partial charge in [-0.05, 0) is 24.3 Å².